The van der Waals surface area contributed by atoms with Gasteiger partial charge in [-0.3, -0.25) is 0 Å². The third-order valence-corrected chi connectivity index (χ3v) is 7.21. The van der Waals surface area contributed by atoms with Crippen molar-refractivity contribution in [2.75, 3.05) is 58.9 Å². The molecule has 1 aromatic rings. The Morgan fingerprint density at radius 2 is 1.54 bits per heavy atom. The molecule has 7 nitrogen and oxygen atoms in total. The second-order valence-corrected chi connectivity index (χ2v) is 8.98. The van der Waals surface area contributed by atoms with Crippen LogP contribution in [0.15, 0.2) is 29.2 Å². The quantitative estimate of drug-likeness (QED) is 0.657. The second kappa shape index (κ2) is 10.2. The standard InChI is InChI=1S/C20H34N4O3S/c1-5-21(6-2)14-17-24(20(25)23-15-12-22(7-3)13-16-23)28(26,27)19-10-8-18(4)9-11-19/h8-11H,5-7,12-17H2,1-4H3. The summed E-state index contributed by atoms with van der Waals surface area (Å²) >= 11 is 0. The molecule has 0 aliphatic carbocycles. The van der Waals surface area contributed by atoms with Crippen LogP contribution in [-0.4, -0.2) is 92.4 Å². The van der Waals surface area contributed by atoms with E-state index in [0.29, 0.717) is 19.6 Å². The number of aryl methyl sites for hydroxylation is 1. The summed E-state index contributed by atoms with van der Waals surface area (Å²) in [7, 11) is -3.90. The molecule has 0 aromatic heterocycles. The number of likely N-dealkylation sites (N-methyl/N-ethyl adjacent to an activating group) is 2. The highest BCUT2D eigenvalue weighted by molar-refractivity contribution is 7.89. The molecule has 1 saturated heterocycles. The maximum Gasteiger partial charge on any atom is 0.334 e. The Morgan fingerprint density at radius 1 is 0.964 bits per heavy atom. The summed E-state index contributed by atoms with van der Waals surface area (Å²) in [6.45, 7) is 14.0. The van der Waals surface area contributed by atoms with Crippen LogP contribution in [-0.2, 0) is 10.0 Å². The molecule has 1 aliphatic rings. The Morgan fingerprint density at radius 3 is 2.04 bits per heavy atom. The summed E-state index contributed by atoms with van der Waals surface area (Å²) in [5.41, 5.74) is 0.982. The molecule has 158 valence electrons. The van der Waals surface area contributed by atoms with Gasteiger partial charge in [0, 0.05) is 32.7 Å². The molecule has 2 rings (SSSR count). The van der Waals surface area contributed by atoms with Crippen LogP contribution in [0.25, 0.3) is 0 Å². The van der Waals surface area contributed by atoms with Gasteiger partial charge in [-0.1, -0.05) is 38.5 Å². The van der Waals surface area contributed by atoms with E-state index < -0.39 is 16.1 Å². The van der Waals surface area contributed by atoms with E-state index in [-0.39, 0.29) is 11.4 Å². The molecule has 0 unspecified atom stereocenters. The lowest BCUT2D eigenvalue weighted by Gasteiger charge is -2.37. The lowest BCUT2D eigenvalue weighted by atomic mass is 10.2. The summed E-state index contributed by atoms with van der Waals surface area (Å²) in [4.78, 5) is 19.4. The van der Waals surface area contributed by atoms with Crippen LogP contribution in [0.2, 0.25) is 0 Å². The zero-order chi connectivity index (χ0) is 20.7. The molecule has 0 spiro atoms. The Balaban J connectivity index is 2.25. The number of nitrogens with zero attached hydrogens (tertiary/aromatic N) is 4. The van der Waals surface area contributed by atoms with Crippen LogP contribution in [0, 0.1) is 6.92 Å². The predicted molar refractivity (Wildman–Crippen MR) is 112 cm³/mol. The zero-order valence-electron chi connectivity index (χ0n) is 17.6. The summed E-state index contributed by atoms with van der Waals surface area (Å²) in [5, 5.41) is 0. The maximum absolute atomic E-state index is 13.3. The number of carbonyl (C=O) groups is 1. The average Bonchev–Trinajstić information content (AvgIpc) is 2.71. The molecule has 0 atom stereocenters. The van der Waals surface area contributed by atoms with Gasteiger partial charge in [-0.15, -0.1) is 0 Å². The number of sulfonamides is 1. The molecule has 0 saturated carbocycles. The van der Waals surface area contributed by atoms with E-state index in [4.69, 9.17) is 0 Å². The largest absolute Gasteiger partial charge is 0.334 e. The van der Waals surface area contributed by atoms with Crippen LogP contribution < -0.4 is 0 Å². The lowest BCUT2D eigenvalue weighted by Crippen LogP contribution is -2.54. The van der Waals surface area contributed by atoms with Crippen molar-refractivity contribution in [1.82, 2.24) is 19.0 Å². The maximum atomic E-state index is 13.3. The number of benzene rings is 1. The zero-order valence-corrected chi connectivity index (χ0v) is 18.4. The van der Waals surface area contributed by atoms with Gasteiger partial charge >= 0.3 is 6.03 Å². The van der Waals surface area contributed by atoms with E-state index in [1.54, 1.807) is 29.2 Å². The smallest absolute Gasteiger partial charge is 0.321 e. The minimum atomic E-state index is -3.90. The first kappa shape index (κ1) is 22.6. The highest BCUT2D eigenvalue weighted by Crippen LogP contribution is 2.19. The van der Waals surface area contributed by atoms with Crippen molar-refractivity contribution in [3.63, 3.8) is 0 Å². The van der Waals surface area contributed by atoms with Gasteiger partial charge in [0.1, 0.15) is 0 Å². The van der Waals surface area contributed by atoms with Crippen LogP contribution in [0.3, 0.4) is 0 Å². The summed E-state index contributed by atoms with van der Waals surface area (Å²) < 4.78 is 27.6. The fourth-order valence-corrected chi connectivity index (χ4v) is 4.72. The fourth-order valence-electron chi connectivity index (χ4n) is 3.34. The number of carbonyl (C=O) groups excluding carboxylic acids is 1. The monoisotopic (exact) mass is 410 g/mol. The molecule has 1 fully saturated rings. The third kappa shape index (κ3) is 5.46. The third-order valence-electron chi connectivity index (χ3n) is 5.43. The first-order chi connectivity index (χ1) is 13.3. The Hall–Kier alpha value is -1.64. The van der Waals surface area contributed by atoms with E-state index >= 15 is 0 Å². The van der Waals surface area contributed by atoms with E-state index in [9.17, 15) is 13.2 Å². The number of urea groups is 1. The Kier molecular flexibility index (Phi) is 8.27. The number of rotatable bonds is 8. The molecule has 1 heterocycles. The summed E-state index contributed by atoms with van der Waals surface area (Å²) in [6, 6.07) is 6.28. The van der Waals surface area contributed by atoms with Crippen molar-refractivity contribution in [2.24, 2.45) is 0 Å². The van der Waals surface area contributed by atoms with E-state index in [0.717, 1.165) is 42.6 Å². The number of hydrogen-bond donors (Lipinski definition) is 0. The normalized spacial score (nSPS) is 15.8. The van der Waals surface area contributed by atoms with Gasteiger partial charge in [-0.05, 0) is 38.7 Å². The van der Waals surface area contributed by atoms with Gasteiger partial charge in [-0.25, -0.2) is 17.5 Å². The minimum Gasteiger partial charge on any atom is -0.321 e. The molecule has 0 N–H and O–H groups in total. The van der Waals surface area contributed by atoms with Crippen LogP contribution in [0.4, 0.5) is 4.79 Å². The average molecular weight is 411 g/mol. The molecular formula is C20H34N4O3S. The Labute approximate surface area is 169 Å². The van der Waals surface area contributed by atoms with Gasteiger partial charge in [0.2, 0.25) is 0 Å². The van der Waals surface area contributed by atoms with Crippen molar-refractivity contribution >= 4 is 16.1 Å². The number of hydrogen-bond acceptors (Lipinski definition) is 5. The number of piperazine rings is 1. The highest BCUT2D eigenvalue weighted by atomic mass is 32.2. The van der Waals surface area contributed by atoms with Crippen molar-refractivity contribution in [2.45, 2.75) is 32.6 Å². The van der Waals surface area contributed by atoms with Crippen molar-refractivity contribution in [3.05, 3.63) is 29.8 Å². The van der Waals surface area contributed by atoms with Crippen LogP contribution in [0.5, 0.6) is 0 Å². The molecule has 28 heavy (non-hydrogen) atoms. The van der Waals surface area contributed by atoms with E-state index in [1.807, 2.05) is 20.8 Å². The molecule has 0 radical (unpaired) electrons. The minimum absolute atomic E-state index is 0.157. The molecule has 8 heteroatoms. The first-order valence-corrected chi connectivity index (χ1v) is 11.6. The van der Waals surface area contributed by atoms with Gasteiger partial charge in [0.05, 0.1) is 11.4 Å². The lowest BCUT2D eigenvalue weighted by molar-refractivity contribution is 0.128. The van der Waals surface area contributed by atoms with Crippen molar-refractivity contribution in [1.29, 1.82) is 0 Å². The van der Waals surface area contributed by atoms with Crippen LogP contribution >= 0.6 is 0 Å². The van der Waals surface area contributed by atoms with Crippen LogP contribution in [0.1, 0.15) is 26.3 Å². The Bertz CT molecular complexity index is 724. The molecule has 1 aliphatic heterocycles. The fraction of sp³-hybridized carbons (Fsp3) is 0.650. The highest BCUT2D eigenvalue weighted by Gasteiger charge is 2.33. The van der Waals surface area contributed by atoms with Gasteiger partial charge in [0.15, 0.2) is 0 Å². The summed E-state index contributed by atoms with van der Waals surface area (Å²) in [5.74, 6) is 0. The number of amides is 2. The summed E-state index contributed by atoms with van der Waals surface area (Å²) in [6.07, 6.45) is 0. The molecule has 1 aromatic carbocycles. The predicted octanol–water partition coefficient (Wildman–Crippen LogP) is 2.09. The molecule has 2 amide bonds. The SMILES string of the molecule is CCN(CC)CCN(C(=O)N1CCN(CC)CC1)S(=O)(=O)c1ccc(C)cc1. The second-order valence-electron chi connectivity index (χ2n) is 7.12. The topological polar surface area (TPSA) is 64.2 Å². The first-order valence-electron chi connectivity index (χ1n) is 10.2. The van der Waals surface area contributed by atoms with Gasteiger partial charge < -0.3 is 14.7 Å². The van der Waals surface area contributed by atoms with Crippen molar-refractivity contribution in [3.8, 4) is 0 Å². The molecular weight excluding hydrogens is 376 g/mol. The van der Waals surface area contributed by atoms with Gasteiger partial charge in [0.25, 0.3) is 10.0 Å². The molecule has 0 bridgehead atoms. The van der Waals surface area contributed by atoms with E-state index in [1.165, 1.54) is 0 Å². The van der Waals surface area contributed by atoms with Gasteiger partial charge in [-0.2, -0.15) is 0 Å². The van der Waals surface area contributed by atoms with Crippen molar-refractivity contribution < 1.29 is 13.2 Å². The van der Waals surface area contributed by atoms with E-state index in [2.05, 4.69) is 16.7 Å².